The van der Waals surface area contributed by atoms with Gasteiger partial charge in [0.1, 0.15) is 5.69 Å². The zero-order valence-electron chi connectivity index (χ0n) is 12.4. The minimum atomic E-state index is -0.251. The highest BCUT2D eigenvalue weighted by molar-refractivity contribution is 5.93. The summed E-state index contributed by atoms with van der Waals surface area (Å²) in [4.78, 5) is 16.1. The Hall–Kier alpha value is -2.28. The van der Waals surface area contributed by atoms with Crippen molar-refractivity contribution in [1.29, 1.82) is 0 Å². The van der Waals surface area contributed by atoms with E-state index in [4.69, 9.17) is 9.15 Å². The number of aromatic nitrogens is 3. The standard InChI is InChI=1S/C15H18N4O3/c1-10-4-2-6-16-13(10)14(20)17-8-12-18-19-15(22-12)11-5-3-7-21-9-11/h2,4,6,11H,3,5,7-9H2,1H3,(H,17,20). The molecule has 2 aromatic rings. The Labute approximate surface area is 128 Å². The molecule has 1 unspecified atom stereocenters. The molecule has 116 valence electrons. The summed E-state index contributed by atoms with van der Waals surface area (Å²) in [5.74, 6) is 0.878. The van der Waals surface area contributed by atoms with Crippen molar-refractivity contribution in [3.63, 3.8) is 0 Å². The third-order valence-corrected chi connectivity index (χ3v) is 3.62. The van der Waals surface area contributed by atoms with Crippen LogP contribution in [-0.4, -0.2) is 34.3 Å². The Bertz CT molecular complexity index is 650. The van der Waals surface area contributed by atoms with E-state index < -0.39 is 0 Å². The Morgan fingerprint density at radius 2 is 2.36 bits per heavy atom. The summed E-state index contributed by atoms with van der Waals surface area (Å²) in [6.07, 6.45) is 3.58. The highest BCUT2D eigenvalue weighted by atomic mass is 16.5. The number of aryl methyl sites for hydroxylation is 1. The second kappa shape index (κ2) is 6.65. The number of amides is 1. The molecule has 3 rings (SSSR count). The summed E-state index contributed by atoms with van der Waals surface area (Å²) in [5.41, 5.74) is 1.23. The van der Waals surface area contributed by atoms with E-state index in [-0.39, 0.29) is 18.4 Å². The van der Waals surface area contributed by atoms with Crippen molar-refractivity contribution in [3.05, 3.63) is 41.4 Å². The fraction of sp³-hybridized carbons (Fsp3) is 0.467. The summed E-state index contributed by atoms with van der Waals surface area (Å²) >= 11 is 0. The van der Waals surface area contributed by atoms with Gasteiger partial charge in [0.15, 0.2) is 0 Å². The van der Waals surface area contributed by atoms with Gasteiger partial charge in [-0.3, -0.25) is 9.78 Å². The summed E-state index contributed by atoms with van der Waals surface area (Å²) in [7, 11) is 0. The third-order valence-electron chi connectivity index (χ3n) is 3.62. The fourth-order valence-corrected chi connectivity index (χ4v) is 2.40. The molecular weight excluding hydrogens is 284 g/mol. The number of ether oxygens (including phenoxy) is 1. The molecule has 1 fully saturated rings. The minimum Gasteiger partial charge on any atom is -0.423 e. The van der Waals surface area contributed by atoms with Crippen LogP contribution in [0.1, 0.15) is 46.6 Å². The van der Waals surface area contributed by atoms with E-state index in [1.807, 2.05) is 13.0 Å². The van der Waals surface area contributed by atoms with E-state index in [1.165, 1.54) is 0 Å². The Morgan fingerprint density at radius 1 is 1.45 bits per heavy atom. The van der Waals surface area contributed by atoms with Crippen molar-refractivity contribution in [2.24, 2.45) is 0 Å². The molecule has 0 aliphatic carbocycles. The van der Waals surface area contributed by atoms with Gasteiger partial charge < -0.3 is 14.5 Å². The second-order valence-corrected chi connectivity index (χ2v) is 5.30. The summed E-state index contributed by atoms with van der Waals surface area (Å²) < 4.78 is 11.0. The number of hydrogen-bond donors (Lipinski definition) is 1. The maximum atomic E-state index is 12.1. The number of nitrogens with zero attached hydrogens (tertiary/aromatic N) is 3. The van der Waals surface area contributed by atoms with Crippen LogP contribution in [0.5, 0.6) is 0 Å². The van der Waals surface area contributed by atoms with Gasteiger partial charge in [-0.25, -0.2) is 0 Å². The number of carbonyl (C=O) groups excluding carboxylic acids is 1. The maximum Gasteiger partial charge on any atom is 0.270 e. The largest absolute Gasteiger partial charge is 0.423 e. The van der Waals surface area contributed by atoms with E-state index >= 15 is 0 Å². The van der Waals surface area contributed by atoms with Gasteiger partial charge >= 0.3 is 0 Å². The SMILES string of the molecule is Cc1cccnc1C(=O)NCc1nnc(C2CCCOC2)o1. The minimum absolute atomic E-state index is 0.156. The number of nitrogens with one attached hydrogen (secondary N) is 1. The van der Waals surface area contributed by atoms with Crippen molar-refractivity contribution >= 4 is 5.91 Å². The molecule has 0 saturated carbocycles. The van der Waals surface area contributed by atoms with Crippen LogP contribution in [0.4, 0.5) is 0 Å². The van der Waals surface area contributed by atoms with Crippen LogP contribution >= 0.6 is 0 Å². The highest BCUT2D eigenvalue weighted by Crippen LogP contribution is 2.24. The molecule has 0 spiro atoms. The first-order valence-electron chi connectivity index (χ1n) is 7.34. The van der Waals surface area contributed by atoms with Crippen molar-refractivity contribution < 1.29 is 13.9 Å². The molecule has 3 heterocycles. The lowest BCUT2D eigenvalue weighted by atomic mass is 10.0. The average Bonchev–Trinajstić information content (AvgIpc) is 3.03. The number of rotatable bonds is 4. The molecule has 2 aromatic heterocycles. The van der Waals surface area contributed by atoms with Gasteiger partial charge in [0.25, 0.3) is 5.91 Å². The predicted molar refractivity (Wildman–Crippen MR) is 77.2 cm³/mol. The quantitative estimate of drug-likeness (QED) is 0.922. The van der Waals surface area contributed by atoms with Crippen LogP contribution in [-0.2, 0) is 11.3 Å². The van der Waals surface area contributed by atoms with E-state index in [1.54, 1.807) is 12.3 Å². The fourth-order valence-electron chi connectivity index (χ4n) is 2.40. The maximum absolute atomic E-state index is 12.1. The van der Waals surface area contributed by atoms with E-state index in [0.29, 0.717) is 24.1 Å². The first-order chi connectivity index (χ1) is 10.7. The molecular formula is C15H18N4O3. The second-order valence-electron chi connectivity index (χ2n) is 5.30. The van der Waals surface area contributed by atoms with Gasteiger partial charge in [0.05, 0.1) is 19.1 Å². The molecule has 0 aromatic carbocycles. The van der Waals surface area contributed by atoms with Crippen LogP contribution in [0.25, 0.3) is 0 Å². The van der Waals surface area contributed by atoms with E-state index in [0.717, 1.165) is 25.0 Å². The predicted octanol–water partition coefficient (Wildman–Crippen LogP) is 1.60. The molecule has 0 bridgehead atoms. The smallest absolute Gasteiger partial charge is 0.270 e. The Kier molecular flexibility index (Phi) is 4.43. The Balaban J connectivity index is 1.59. The lowest BCUT2D eigenvalue weighted by molar-refractivity contribution is 0.0720. The number of hydrogen-bond acceptors (Lipinski definition) is 6. The molecule has 7 nitrogen and oxygen atoms in total. The molecule has 0 radical (unpaired) electrons. The molecule has 22 heavy (non-hydrogen) atoms. The summed E-state index contributed by atoms with van der Waals surface area (Å²) in [5, 5.41) is 10.8. The van der Waals surface area contributed by atoms with Gasteiger partial charge in [-0.15, -0.1) is 10.2 Å². The van der Waals surface area contributed by atoms with Gasteiger partial charge in [-0.05, 0) is 31.4 Å². The number of pyridine rings is 1. The van der Waals surface area contributed by atoms with Crippen molar-refractivity contribution in [2.75, 3.05) is 13.2 Å². The summed E-state index contributed by atoms with van der Waals surface area (Å²) in [6, 6.07) is 3.64. The van der Waals surface area contributed by atoms with Gasteiger partial charge in [0, 0.05) is 12.8 Å². The average molecular weight is 302 g/mol. The normalized spacial score (nSPS) is 18.1. The topological polar surface area (TPSA) is 90.1 Å². The van der Waals surface area contributed by atoms with Crippen molar-refractivity contribution in [3.8, 4) is 0 Å². The van der Waals surface area contributed by atoms with Crippen LogP contribution < -0.4 is 5.32 Å². The molecule has 1 aliphatic heterocycles. The van der Waals surface area contributed by atoms with E-state index in [9.17, 15) is 4.79 Å². The molecule has 1 N–H and O–H groups in total. The van der Waals surface area contributed by atoms with Gasteiger partial charge in [-0.2, -0.15) is 0 Å². The first-order valence-corrected chi connectivity index (χ1v) is 7.34. The van der Waals surface area contributed by atoms with Crippen molar-refractivity contribution in [1.82, 2.24) is 20.5 Å². The van der Waals surface area contributed by atoms with Crippen LogP contribution in [0.3, 0.4) is 0 Å². The highest BCUT2D eigenvalue weighted by Gasteiger charge is 2.22. The Morgan fingerprint density at radius 3 is 3.14 bits per heavy atom. The zero-order chi connectivity index (χ0) is 15.4. The molecule has 7 heteroatoms. The summed E-state index contributed by atoms with van der Waals surface area (Å²) in [6.45, 7) is 3.43. The lowest BCUT2D eigenvalue weighted by Crippen LogP contribution is -2.24. The zero-order valence-corrected chi connectivity index (χ0v) is 12.4. The number of carbonyl (C=O) groups is 1. The molecule has 1 atom stereocenters. The van der Waals surface area contributed by atoms with Gasteiger partial charge in [-0.1, -0.05) is 6.07 Å². The van der Waals surface area contributed by atoms with Crippen LogP contribution in [0.2, 0.25) is 0 Å². The van der Waals surface area contributed by atoms with Crippen molar-refractivity contribution in [2.45, 2.75) is 32.2 Å². The third kappa shape index (κ3) is 3.30. The molecule has 1 saturated heterocycles. The molecule has 1 aliphatic rings. The monoisotopic (exact) mass is 302 g/mol. The van der Waals surface area contributed by atoms with Gasteiger partial charge in [0.2, 0.25) is 11.8 Å². The van der Waals surface area contributed by atoms with Crippen LogP contribution in [0.15, 0.2) is 22.7 Å². The first kappa shape index (κ1) is 14.6. The lowest BCUT2D eigenvalue weighted by Gasteiger charge is -2.18. The van der Waals surface area contributed by atoms with Crippen LogP contribution in [0, 0.1) is 6.92 Å². The molecule has 1 amide bonds. The van der Waals surface area contributed by atoms with E-state index in [2.05, 4.69) is 20.5 Å².